The van der Waals surface area contributed by atoms with E-state index in [4.69, 9.17) is 16.3 Å². The first-order chi connectivity index (χ1) is 9.43. The van der Waals surface area contributed by atoms with Crippen LogP contribution in [0.15, 0.2) is 34.8 Å². The Hall–Kier alpha value is -1.20. The predicted octanol–water partition coefficient (Wildman–Crippen LogP) is 5.20. The molecule has 0 heterocycles. The van der Waals surface area contributed by atoms with Gasteiger partial charge in [0.15, 0.2) is 0 Å². The lowest BCUT2D eigenvalue weighted by atomic mass is 10.0. The Bertz CT molecular complexity index is 625. The highest BCUT2D eigenvalue weighted by atomic mass is 79.9. The largest absolute Gasteiger partial charge is 0.497 e. The first-order valence-electron chi connectivity index (χ1n) is 5.56. The van der Waals surface area contributed by atoms with Crippen molar-refractivity contribution in [1.29, 1.82) is 0 Å². The van der Waals surface area contributed by atoms with E-state index >= 15 is 0 Å². The lowest BCUT2D eigenvalue weighted by Crippen LogP contribution is -2.03. The van der Waals surface area contributed by atoms with Gasteiger partial charge >= 0.3 is 0 Å². The van der Waals surface area contributed by atoms with E-state index in [1.54, 1.807) is 0 Å². The van der Waals surface area contributed by atoms with Crippen LogP contribution in [0.5, 0.6) is 5.75 Å². The summed E-state index contributed by atoms with van der Waals surface area (Å²) in [6.07, 6.45) is 0. The second-order valence-corrected chi connectivity index (χ2v) is 5.32. The summed E-state index contributed by atoms with van der Waals surface area (Å²) in [4.78, 5) is 0. The van der Waals surface area contributed by atoms with Crippen molar-refractivity contribution in [2.75, 3.05) is 7.11 Å². The van der Waals surface area contributed by atoms with Crippen LogP contribution in [0, 0.1) is 17.5 Å². The standard InChI is InChI=1S/C14H9BrClF3O/c1-20-8-5-11(18)13(12(19)6-8)14(16)9-4-7(17)2-3-10(9)15/h2-6,14H,1H3. The number of halogens is 5. The lowest BCUT2D eigenvalue weighted by Gasteiger charge is -2.15. The molecule has 1 unspecified atom stereocenters. The normalized spacial score (nSPS) is 12.3. The Morgan fingerprint density at radius 1 is 1.10 bits per heavy atom. The second-order valence-electron chi connectivity index (χ2n) is 4.03. The van der Waals surface area contributed by atoms with Gasteiger partial charge in [-0.3, -0.25) is 0 Å². The first kappa shape index (κ1) is 15.2. The number of benzene rings is 2. The summed E-state index contributed by atoms with van der Waals surface area (Å²) in [5, 5.41) is -1.16. The Kier molecular flexibility index (Phi) is 4.60. The molecule has 0 fully saturated rings. The van der Waals surface area contributed by atoms with Gasteiger partial charge in [-0.25, -0.2) is 13.2 Å². The molecule has 0 saturated heterocycles. The predicted molar refractivity (Wildman–Crippen MR) is 74.7 cm³/mol. The van der Waals surface area contributed by atoms with Gasteiger partial charge in [-0.15, -0.1) is 11.6 Å². The summed E-state index contributed by atoms with van der Waals surface area (Å²) in [7, 11) is 1.30. The molecule has 0 saturated carbocycles. The number of ether oxygens (including phenoxy) is 1. The third-order valence-corrected chi connectivity index (χ3v) is 3.95. The Morgan fingerprint density at radius 3 is 2.25 bits per heavy atom. The molecule has 1 atom stereocenters. The van der Waals surface area contributed by atoms with E-state index in [1.165, 1.54) is 19.2 Å². The summed E-state index contributed by atoms with van der Waals surface area (Å²) < 4.78 is 46.4. The number of hydrogen-bond donors (Lipinski definition) is 0. The minimum absolute atomic E-state index is 0.0472. The third kappa shape index (κ3) is 2.94. The molecule has 0 N–H and O–H groups in total. The number of hydrogen-bond acceptors (Lipinski definition) is 1. The minimum atomic E-state index is -1.16. The van der Waals surface area contributed by atoms with Crippen LogP contribution >= 0.6 is 27.5 Å². The summed E-state index contributed by atoms with van der Waals surface area (Å²) >= 11 is 9.28. The fraction of sp³-hybridized carbons (Fsp3) is 0.143. The molecule has 0 radical (unpaired) electrons. The molecule has 6 heteroatoms. The fourth-order valence-corrected chi connectivity index (χ4v) is 2.78. The molecule has 106 valence electrons. The highest BCUT2D eigenvalue weighted by Gasteiger charge is 2.23. The lowest BCUT2D eigenvalue weighted by molar-refractivity contribution is 0.405. The third-order valence-electron chi connectivity index (χ3n) is 2.77. The molecule has 0 aliphatic rings. The molecule has 0 aliphatic carbocycles. The van der Waals surface area contributed by atoms with E-state index in [0.29, 0.717) is 4.47 Å². The maximum absolute atomic E-state index is 14.0. The molecular formula is C14H9BrClF3O. The summed E-state index contributed by atoms with van der Waals surface area (Å²) in [5.74, 6) is -2.19. The van der Waals surface area contributed by atoms with Crippen molar-refractivity contribution in [2.24, 2.45) is 0 Å². The average molecular weight is 366 g/mol. The zero-order valence-electron chi connectivity index (χ0n) is 10.3. The van der Waals surface area contributed by atoms with Crippen molar-refractivity contribution in [1.82, 2.24) is 0 Å². The van der Waals surface area contributed by atoms with Gasteiger partial charge in [-0.2, -0.15) is 0 Å². The zero-order valence-corrected chi connectivity index (χ0v) is 12.6. The van der Waals surface area contributed by atoms with Gasteiger partial charge < -0.3 is 4.74 Å². The van der Waals surface area contributed by atoms with E-state index in [0.717, 1.165) is 18.2 Å². The van der Waals surface area contributed by atoms with Crippen LogP contribution in [0.2, 0.25) is 0 Å². The van der Waals surface area contributed by atoms with E-state index < -0.39 is 22.8 Å². The molecule has 2 aromatic carbocycles. The van der Waals surface area contributed by atoms with Crippen molar-refractivity contribution >= 4 is 27.5 Å². The molecule has 0 aromatic heterocycles. The van der Waals surface area contributed by atoms with Crippen LogP contribution in [0.4, 0.5) is 13.2 Å². The first-order valence-corrected chi connectivity index (χ1v) is 6.79. The summed E-state index contributed by atoms with van der Waals surface area (Å²) in [5.41, 5.74) is -0.103. The van der Waals surface area contributed by atoms with Gasteiger partial charge in [-0.1, -0.05) is 15.9 Å². The molecule has 20 heavy (non-hydrogen) atoms. The molecule has 1 nitrogen and oxygen atoms in total. The van der Waals surface area contributed by atoms with Crippen molar-refractivity contribution in [3.05, 3.63) is 63.4 Å². The van der Waals surface area contributed by atoms with Crippen LogP contribution < -0.4 is 4.74 Å². The summed E-state index contributed by atoms with van der Waals surface area (Å²) in [6.45, 7) is 0. The zero-order chi connectivity index (χ0) is 14.9. The molecular weight excluding hydrogens is 357 g/mol. The highest BCUT2D eigenvalue weighted by Crippen LogP contribution is 2.37. The average Bonchev–Trinajstić information content (AvgIpc) is 2.40. The highest BCUT2D eigenvalue weighted by molar-refractivity contribution is 9.10. The van der Waals surface area contributed by atoms with Crippen LogP contribution in [0.25, 0.3) is 0 Å². The van der Waals surface area contributed by atoms with E-state index in [1.807, 2.05) is 0 Å². The van der Waals surface area contributed by atoms with Crippen LogP contribution in [0.1, 0.15) is 16.5 Å². The Balaban J connectivity index is 2.53. The number of rotatable bonds is 3. The van der Waals surface area contributed by atoms with Crippen LogP contribution in [-0.4, -0.2) is 7.11 Å². The van der Waals surface area contributed by atoms with Gasteiger partial charge in [0.25, 0.3) is 0 Å². The minimum Gasteiger partial charge on any atom is -0.497 e. The number of alkyl halides is 1. The van der Waals surface area contributed by atoms with E-state index in [9.17, 15) is 13.2 Å². The van der Waals surface area contributed by atoms with E-state index in [-0.39, 0.29) is 16.9 Å². The van der Waals surface area contributed by atoms with Crippen LogP contribution in [-0.2, 0) is 0 Å². The quantitative estimate of drug-likeness (QED) is 0.679. The van der Waals surface area contributed by atoms with Gasteiger partial charge in [0.05, 0.1) is 12.5 Å². The maximum atomic E-state index is 14.0. The fourth-order valence-electron chi connectivity index (χ4n) is 1.79. The molecule has 0 amide bonds. The monoisotopic (exact) mass is 364 g/mol. The SMILES string of the molecule is COc1cc(F)c(C(Cl)c2cc(F)ccc2Br)c(F)c1. The van der Waals surface area contributed by atoms with Crippen molar-refractivity contribution in [2.45, 2.75) is 5.38 Å². The summed E-state index contributed by atoms with van der Waals surface area (Å²) in [6, 6.07) is 5.84. The van der Waals surface area contributed by atoms with Gasteiger partial charge in [0.2, 0.25) is 0 Å². The molecule has 0 bridgehead atoms. The van der Waals surface area contributed by atoms with Crippen molar-refractivity contribution in [3.63, 3.8) is 0 Å². The smallest absolute Gasteiger partial charge is 0.134 e. The second kappa shape index (κ2) is 6.06. The topological polar surface area (TPSA) is 9.23 Å². The van der Waals surface area contributed by atoms with Crippen molar-refractivity contribution in [3.8, 4) is 5.75 Å². The van der Waals surface area contributed by atoms with Gasteiger partial charge in [-0.05, 0) is 23.8 Å². The van der Waals surface area contributed by atoms with E-state index in [2.05, 4.69) is 15.9 Å². The van der Waals surface area contributed by atoms with Crippen molar-refractivity contribution < 1.29 is 17.9 Å². The Morgan fingerprint density at radius 2 is 1.70 bits per heavy atom. The molecule has 0 aliphatic heterocycles. The number of methoxy groups -OCH3 is 1. The maximum Gasteiger partial charge on any atom is 0.134 e. The van der Waals surface area contributed by atoms with Gasteiger partial charge in [0.1, 0.15) is 23.2 Å². The Labute approximate surface area is 127 Å². The molecule has 2 rings (SSSR count). The molecule has 2 aromatic rings. The van der Waals surface area contributed by atoms with Crippen LogP contribution in [0.3, 0.4) is 0 Å². The molecule has 0 spiro atoms. The van der Waals surface area contributed by atoms with Gasteiger partial charge in [0, 0.05) is 22.2 Å².